The van der Waals surface area contributed by atoms with Crippen LogP contribution in [0.4, 0.5) is 10.1 Å². The maximum atomic E-state index is 14.8. The second-order valence-corrected chi connectivity index (χ2v) is 8.67. The molecule has 4 rings (SSSR count). The lowest BCUT2D eigenvalue weighted by atomic mass is 10.2. The Kier molecular flexibility index (Phi) is 7.22. The van der Waals surface area contributed by atoms with Gasteiger partial charge in [0.05, 0.1) is 24.8 Å². The van der Waals surface area contributed by atoms with Gasteiger partial charge in [-0.05, 0) is 55.8 Å². The van der Waals surface area contributed by atoms with Gasteiger partial charge in [-0.1, -0.05) is 23.7 Å². The summed E-state index contributed by atoms with van der Waals surface area (Å²) in [6, 6.07) is 12.6. The molecular formula is C25H22ClFN6O3. The summed E-state index contributed by atoms with van der Waals surface area (Å²) in [6.07, 6.45) is 3.12. The van der Waals surface area contributed by atoms with Crippen molar-refractivity contribution in [1.82, 2.24) is 19.4 Å². The van der Waals surface area contributed by atoms with Crippen molar-refractivity contribution >= 4 is 17.3 Å². The highest BCUT2D eigenvalue weighted by molar-refractivity contribution is 6.30. The number of aromatic amines is 1. The number of rotatable bonds is 6. The first kappa shape index (κ1) is 24.8. The summed E-state index contributed by atoms with van der Waals surface area (Å²) in [5.74, 6) is -0.463. The maximum absolute atomic E-state index is 14.8. The smallest absolute Gasteiger partial charge is 0.335 e. The standard InChI is InChI=1S/C25H22ClFN6O3/c1-15(2)33-24(34)31-23(32(25(33)35)14-16-3-6-18(26)7-4-16)30-19-8-9-21(20(27)11-19)36-22-10-5-17(12-28)13-29-22/h3-11,15,29H,13-14H2,1-2H3,(H,30,31,34). The minimum atomic E-state index is -0.698. The lowest BCUT2D eigenvalue weighted by Crippen LogP contribution is -2.50. The summed E-state index contributed by atoms with van der Waals surface area (Å²) in [4.78, 5) is 32.8. The van der Waals surface area contributed by atoms with Crippen LogP contribution in [0.3, 0.4) is 0 Å². The van der Waals surface area contributed by atoms with E-state index in [1.807, 2.05) is 6.07 Å². The zero-order valence-corrected chi connectivity index (χ0v) is 20.2. The van der Waals surface area contributed by atoms with Crippen LogP contribution < -0.4 is 27.1 Å². The van der Waals surface area contributed by atoms with Gasteiger partial charge in [0.25, 0.3) is 0 Å². The summed E-state index contributed by atoms with van der Waals surface area (Å²) >= 11 is 5.97. The lowest BCUT2D eigenvalue weighted by Gasteiger charge is -2.15. The number of nitrogens with one attached hydrogen (secondary N) is 2. The van der Waals surface area contributed by atoms with E-state index in [2.05, 4.69) is 15.3 Å². The van der Waals surface area contributed by atoms with Crippen LogP contribution in [0, 0.1) is 17.1 Å². The fourth-order valence-corrected chi connectivity index (χ4v) is 3.62. The van der Waals surface area contributed by atoms with Gasteiger partial charge in [0.15, 0.2) is 17.4 Å². The van der Waals surface area contributed by atoms with Crippen molar-refractivity contribution in [2.24, 2.45) is 4.99 Å². The summed E-state index contributed by atoms with van der Waals surface area (Å²) in [5, 5.41) is 12.3. The summed E-state index contributed by atoms with van der Waals surface area (Å²) < 4.78 is 22.7. The third-order valence-corrected chi connectivity index (χ3v) is 5.56. The lowest BCUT2D eigenvalue weighted by molar-refractivity contribution is 0.362. The Morgan fingerprint density at radius 2 is 1.94 bits per heavy atom. The third kappa shape index (κ3) is 5.47. The monoisotopic (exact) mass is 508 g/mol. The zero-order chi connectivity index (χ0) is 25.8. The number of hydrogen-bond donors (Lipinski definition) is 2. The van der Waals surface area contributed by atoms with Crippen LogP contribution in [0.25, 0.3) is 0 Å². The van der Waals surface area contributed by atoms with Crippen LogP contribution in [0.1, 0.15) is 25.5 Å². The molecule has 1 aliphatic rings. The molecule has 184 valence electrons. The van der Waals surface area contributed by atoms with E-state index in [-0.39, 0.29) is 36.2 Å². The van der Waals surface area contributed by atoms with Gasteiger partial charge in [-0.25, -0.2) is 23.5 Å². The van der Waals surface area contributed by atoms with Crippen molar-refractivity contribution in [3.8, 4) is 11.8 Å². The molecule has 0 aliphatic carbocycles. The van der Waals surface area contributed by atoms with Crippen LogP contribution in [0.5, 0.6) is 5.75 Å². The average molecular weight is 509 g/mol. The second-order valence-electron chi connectivity index (χ2n) is 8.23. The average Bonchev–Trinajstić information content (AvgIpc) is 2.84. The molecule has 11 heteroatoms. The van der Waals surface area contributed by atoms with Crippen molar-refractivity contribution < 1.29 is 9.13 Å². The normalized spacial score (nSPS) is 13.6. The molecule has 9 nitrogen and oxygen atoms in total. The van der Waals surface area contributed by atoms with Gasteiger partial charge < -0.3 is 10.1 Å². The van der Waals surface area contributed by atoms with E-state index in [9.17, 15) is 14.0 Å². The van der Waals surface area contributed by atoms with Gasteiger partial charge in [0, 0.05) is 22.7 Å². The van der Waals surface area contributed by atoms with E-state index in [1.54, 1.807) is 44.2 Å². The van der Waals surface area contributed by atoms with Gasteiger partial charge in [-0.2, -0.15) is 5.26 Å². The number of dihydropyridines is 1. The fraction of sp³-hybridized carbons (Fsp3) is 0.200. The highest BCUT2D eigenvalue weighted by Crippen LogP contribution is 2.24. The molecule has 0 spiro atoms. The second kappa shape index (κ2) is 10.5. The van der Waals surface area contributed by atoms with Crippen molar-refractivity contribution in [2.75, 3.05) is 6.54 Å². The number of allylic oxidation sites excluding steroid dienone is 2. The first-order valence-corrected chi connectivity index (χ1v) is 11.4. The van der Waals surface area contributed by atoms with E-state index >= 15 is 0 Å². The predicted molar refractivity (Wildman–Crippen MR) is 132 cm³/mol. The summed E-state index contributed by atoms with van der Waals surface area (Å²) in [7, 11) is 0. The minimum Gasteiger partial charge on any atom is -0.438 e. The molecule has 1 aromatic heterocycles. The highest BCUT2D eigenvalue weighted by atomic mass is 35.5. The number of ether oxygens (including phenoxy) is 1. The topological polar surface area (TPSA) is 117 Å². The minimum absolute atomic E-state index is 0.0317. The Morgan fingerprint density at radius 1 is 1.19 bits per heavy atom. The molecule has 0 atom stereocenters. The molecular weight excluding hydrogens is 487 g/mol. The number of halogens is 2. The Bertz CT molecular complexity index is 1590. The van der Waals surface area contributed by atoms with E-state index in [1.165, 1.54) is 22.8 Å². The molecule has 2 heterocycles. The number of H-pyrrole nitrogens is 1. The molecule has 2 aromatic carbocycles. The zero-order valence-electron chi connectivity index (χ0n) is 19.5. The molecule has 36 heavy (non-hydrogen) atoms. The molecule has 3 aromatic rings. The Hall–Kier alpha value is -4.36. The van der Waals surface area contributed by atoms with Crippen LogP contribution >= 0.6 is 11.6 Å². The van der Waals surface area contributed by atoms with Crippen LogP contribution in [0.2, 0.25) is 5.02 Å². The van der Waals surface area contributed by atoms with E-state index in [0.717, 1.165) is 16.2 Å². The highest BCUT2D eigenvalue weighted by Gasteiger charge is 2.14. The molecule has 0 radical (unpaired) electrons. The van der Waals surface area contributed by atoms with Crippen LogP contribution in [-0.2, 0) is 6.54 Å². The number of nitrogens with zero attached hydrogens (tertiary/aromatic N) is 4. The molecule has 2 N–H and O–H groups in total. The first-order chi connectivity index (χ1) is 17.2. The van der Waals surface area contributed by atoms with Crippen molar-refractivity contribution in [2.45, 2.75) is 26.4 Å². The van der Waals surface area contributed by atoms with Crippen LogP contribution in [-0.4, -0.2) is 20.7 Å². The quantitative estimate of drug-likeness (QED) is 0.530. The van der Waals surface area contributed by atoms with Gasteiger partial charge in [0.1, 0.15) is 0 Å². The fourth-order valence-electron chi connectivity index (χ4n) is 3.50. The number of hydrogen-bond acceptors (Lipinski definition) is 6. The molecule has 0 saturated heterocycles. The van der Waals surface area contributed by atoms with Crippen LogP contribution in [0.15, 0.2) is 80.7 Å². The maximum Gasteiger partial charge on any atom is 0.335 e. The van der Waals surface area contributed by atoms with Crippen molar-refractivity contribution in [1.29, 1.82) is 5.26 Å². The molecule has 0 saturated carbocycles. The number of benzene rings is 2. The Labute approximate surface area is 210 Å². The molecule has 0 amide bonds. The molecule has 0 fully saturated rings. The Morgan fingerprint density at radius 3 is 2.56 bits per heavy atom. The van der Waals surface area contributed by atoms with Gasteiger partial charge >= 0.3 is 11.4 Å². The van der Waals surface area contributed by atoms with Crippen molar-refractivity contribution in [3.63, 3.8) is 0 Å². The molecule has 0 bridgehead atoms. The van der Waals surface area contributed by atoms with Crippen molar-refractivity contribution in [3.05, 3.63) is 109 Å². The van der Waals surface area contributed by atoms with Gasteiger partial charge in [-0.3, -0.25) is 9.55 Å². The largest absolute Gasteiger partial charge is 0.438 e. The Balaban J connectivity index is 1.73. The van der Waals surface area contributed by atoms with Gasteiger partial charge in [-0.15, -0.1) is 0 Å². The van der Waals surface area contributed by atoms with Gasteiger partial charge in [0.2, 0.25) is 5.62 Å². The SMILES string of the molecule is CC(C)n1c(=O)[nH]/c(=N\c2ccc(OC3=CC=C(C#N)CN3)c(F)c2)n(Cc2ccc(Cl)cc2)c1=O. The first-order valence-electron chi connectivity index (χ1n) is 11.0. The summed E-state index contributed by atoms with van der Waals surface area (Å²) in [5.41, 5.74) is 0.244. The predicted octanol–water partition coefficient (Wildman–Crippen LogP) is 3.27. The molecule has 0 unspecified atom stereocenters. The third-order valence-electron chi connectivity index (χ3n) is 5.30. The number of nitriles is 1. The number of aromatic nitrogens is 3. The van der Waals surface area contributed by atoms with E-state index in [4.69, 9.17) is 21.6 Å². The van der Waals surface area contributed by atoms with E-state index < -0.39 is 17.2 Å². The summed E-state index contributed by atoms with van der Waals surface area (Å²) in [6.45, 7) is 3.84. The van der Waals surface area contributed by atoms with E-state index in [0.29, 0.717) is 16.5 Å². The molecule has 1 aliphatic heterocycles.